The van der Waals surface area contributed by atoms with Gasteiger partial charge < -0.3 is 9.47 Å². The van der Waals surface area contributed by atoms with Gasteiger partial charge in [0.1, 0.15) is 17.1 Å². The zero-order chi connectivity index (χ0) is 29.1. The molecule has 0 amide bonds. The third-order valence-corrected chi connectivity index (χ3v) is 8.29. The first-order valence-corrected chi connectivity index (χ1v) is 14.3. The summed E-state index contributed by atoms with van der Waals surface area (Å²) >= 11 is 0. The van der Waals surface area contributed by atoms with E-state index in [2.05, 4.69) is 34.6 Å². The molecule has 0 bridgehead atoms. The molecule has 0 aromatic heterocycles. The molecular weight excluding hydrogens is 501 g/mol. The summed E-state index contributed by atoms with van der Waals surface area (Å²) in [6.07, 6.45) is 3.12. The highest BCUT2D eigenvalue weighted by Gasteiger charge is 2.35. The maximum atomic E-state index is 12.9. The molecule has 1 heterocycles. The fraction of sp³-hybridized carbons (Fsp3) is 0.606. The third kappa shape index (κ3) is 7.79. The molecule has 3 rings (SSSR count). The minimum atomic E-state index is -4.45. The Bertz CT molecular complexity index is 1150. The number of fused-ring (bicyclic) bond motifs is 1. The van der Waals surface area contributed by atoms with Crippen molar-refractivity contribution in [1.29, 1.82) is 0 Å². The monoisotopic (exact) mass is 546 g/mol. The lowest BCUT2D eigenvalue weighted by Gasteiger charge is -2.38. The Morgan fingerprint density at radius 1 is 0.974 bits per heavy atom. The van der Waals surface area contributed by atoms with Crippen molar-refractivity contribution in [3.8, 4) is 11.5 Å². The van der Waals surface area contributed by atoms with Crippen LogP contribution in [0.2, 0.25) is 0 Å². The van der Waals surface area contributed by atoms with E-state index in [4.69, 9.17) is 9.47 Å². The molecule has 0 saturated carbocycles. The van der Waals surface area contributed by atoms with Crippen molar-refractivity contribution in [2.45, 2.75) is 112 Å². The van der Waals surface area contributed by atoms with E-state index in [9.17, 15) is 18.0 Å². The van der Waals surface area contributed by atoms with E-state index >= 15 is 0 Å². The zero-order valence-electron chi connectivity index (χ0n) is 24.8. The Balaban J connectivity index is 1.68. The second-order valence-corrected chi connectivity index (χ2v) is 12.5. The molecule has 0 unspecified atom stereocenters. The highest BCUT2D eigenvalue weighted by atomic mass is 19.4. The van der Waals surface area contributed by atoms with Crippen molar-refractivity contribution in [3.05, 3.63) is 57.6 Å². The number of ether oxygens (including phenoxy) is 2. The largest absolute Gasteiger partial charge is 0.487 e. The van der Waals surface area contributed by atoms with Crippen LogP contribution in [0.15, 0.2) is 24.3 Å². The summed E-state index contributed by atoms with van der Waals surface area (Å²) in [6.45, 7) is 17.3. The number of hydrogen-bond acceptors (Lipinski definition) is 3. The smallest absolute Gasteiger partial charge is 0.416 e. The predicted molar refractivity (Wildman–Crippen MR) is 151 cm³/mol. The molecule has 0 fully saturated rings. The second-order valence-electron chi connectivity index (χ2n) is 12.5. The number of halogens is 3. The average molecular weight is 547 g/mol. The van der Waals surface area contributed by atoms with E-state index in [1.165, 1.54) is 19.3 Å². The topological polar surface area (TPSA) is 35.5 Å². The van der Waals surface area contributed by atoms with Crippen LogP contribution < -0.4 is 9.47 Å². The van der Waals surface area contributed by atoms with Crippen LogP contribution in [-0.2, 0) is 12.6 Å². The molecule has 39 heavy (non-hydrogen) atoms. The molecule has 0 radical (unpaired) electrons. The van der Waals surface area contributed by atoms with Crippen LogP contribution >= 0.6 is 0 Å². The molecule has 0 spiro atoms. The first kappa shape index (κ1) is 31.0. The van der Waals surface area contributed by atoms with Gasteiger partial charge in [0.25, 0.3) is 0 Å². The van der Waals surface area contributed by atoms with Gasteiger partial charge in [0.15, 0.2) is 0 Å². The molecule has 216 valence electrons. The van der Waals surface area contributed by atoms with Gasteiger partial charge in [-0.2, -0.15) is 13.2 Å². The maximum absolute atomic E-state index is 12.9. The summed E-state index contributed by atoms with van der Waals surface area (Å²) in [5.74, 6) is 2.87. The summed E-state index contributed by atoms with van der Waals surface area (Å²) < 4.78 is 51.1. The Kier molecular flexibility index (Phi) is 9.82. The maximum Gasteiger partial charge on any atom is 0.416 e. The van der Waals surface area contributed by atoms with E-state index in [-0.39, 0.29) is 11.2 Å². The van der Waals surface area contributed by atoms with Crippen molar-refractivity contribution < 1.29 is 27.4 Å². The van der Waals surface area contributed by atoms with Crippen molar-refractivity contribution in [2.24, 2.45) is 17.8 Å². The first-order chi connectivity index (χ1) is 18.1. The van der Waals surface area contributed by atoms with Gasteiger partial charge in [-0.25, -0.2) is 4.79 Å². The van der Waals surface area contributed by atoms with Gasteiger partial charge in [0, 0.05) is 5.56 Å². The van der Waals surface area contributed by atoms with E-state index in [1.807, 2.05) is 20.8 Å². The van der Waals surface area contributed by atoms with E-state index in [0.717, 1.165) is 89.8 Å². The summed E-state index contributed by atoms with van der Waals surface area (Å²) in [5, 5.41) is 0. The van der Waals surface area contributed by atoms with Gasteiger partial charge >= 0.3 is 12.1 Å². The minimum Gasteiger partial charge on any atom is -0.487 e. The Morgan fingerprint density at radius 2 is 1.62 bits per heavy atom. The van der Waals surface area contributed by atoms with Gasteiger partial charge in [0.05, 0.1) is 11.1 Å². The number of esters is 1. The van der Waals surface area contributed by atoms with Crippen LogP contribution in [0.25, 0.3) is 0 Å². The molecule has 2 aromatic carbocycles. The van der Waals surface area contributed by atoms with Crippen LogP contribution in [-0.4, -0.2) is 11.6 Å². The van der Waals surface area contributed by atoms with Crippen LogP contribution in [0.1, 0.15) is 111 Å². The number of carbonyl (C=O) groups excluding carboxylic acids is 1. The fourth-order valence-corrected chi connectivity index (χ4v) is 6.09. The minimum absolute atomic E-state index is 0.0776. The molecule has 0 N–H and O–H groups in total. The lowest BCUT2D eigenvalue weighted by molar-refractivity contribution is -0.137. The van der Waals surface area contributed by atoms with Crippen LogP contribution in [0, 0.1) is 38.5 Å². The quantitative estimate of drug-likeness (QED) is 0.220. The van der Waals surface area contributed by atoms with Crippen molar-refractivity contribution in [1.82, 2.24) is 0 Å². The van der Waals surface area contributed by atoms with Gasteiger partial charge in [-0.3, -0.25) is 0 Å². The lowest BCUT2D eigenvalue weighted by Crippen LogP contribution is -2.37. The van der Waals surface area contributed by atoms with Crippen LogP contribution in [0.4, 0.5) is 13.2 Å². The highest BCUT2D eigenvalue weighted by molar-refractivity contribution is 5.91. The zero-order valence-corrected chi connectivity index (χ0v) is 24.8. The van der Waals surface area contributed by atoms with E-state index in [1.54, 1.807) is 0 Å². The molecule has 6 heteroatoms. The number of hydrogen-bond donors (Lipinski definition) is 0. The molecule has 3 atom stereocenters. The third-order valence-electron chi connectivity index (χ3n) is 8.29. The SMILES string of the molecule is Cc1c(C)c2c(c(C)c1OC(=O)c1ccc(C(F)(F)F)cc1)CC[C@@](C)(CCC[C@H](C)C[C@H](C)CC(C)C)O2. The molecular formula is C33H45F3O3. The lowest BCUT2D eigenvalue weighted by atomic mass is 9.83. The van der Waals surface area contributed by atoms with Crippen molar-refractivity contribution in [3.63, 3.8) is 0 Å². The molecule has 3 nitrogen and oxygen atoms in total. The number of rotatable bonds is 10. The summed E-state index contributed by atoms with van der Waals surface area (Å²) in [4.78, 5) is 12.8. The standard InChI is InChI=1S/C33H45F3O3/c1-20(2)18-22(4)19-21(3)10-9-16-32(8)17-15-28-25(7)29(23(5)24(6)30(28)39-32)38-31(37)26-11-13-27(14-12-26)33(34,35)36/h11-14,20-22H,9-10,15-19H2,1-8H3/t21-,22+,32+/m0/s1. The second kappa shape index (κ2) is 12.3. The van der Waals surface area contributed by atoms with Crippen molar-refractivity contribution >= 4 is 5.97 Å². The summed E-state index contributed by atoms with van der Waals surface area (Å²) in [7, 11) is 0. The number of alkyl halides is 3. The van der Waals surface area contributed by atoms with Crippen molar-refractivity contribution in [2.75, 3.05) is 0 Å². The summed E-state index contributed by atoms with van der Waals surface area (Å²) in [6, 6.07) is 4.11. The van der Waals surface area contributed by atoms with E-state index < -0.39 is 17.7 Å². The van der Waals surface area contributed by atoms with Crippen LogP contribution in [0.5, 0.6) is 11.5 Å². The van der Waals surface area contributed by atoms with Gasteiger partial charge in [-0.05, 0) is 125 Å². The fourth-order valence-electron chi connectivity index (χ4n) is 6.09. The average Bonchev–Trinajstić information content (AvgIpc) is 2.84. The Labute approximate surface area is 232 Å². The Morgan fingerprint density at radius 3 is 2.21 bits per heavy atom. The van der Waals surface area contributed by atoms with Gasteiger partial charge in [-0.15, -0.1) is 0 Å². The molecule has 1 aliphatic rings. The molecule has 0 aliphatic carbocycles. The van der Waals surface area contributed by atoms with Gasteiger partial charge in [-0.1, -0.05) is 34.1 Å². The number of carbonyl (C=O) groups is 1. The van der Waals surface area contributed by atoms with E-state index in [0.29, 0.717) is 11.7 Å². The van der Waals surface area contributed by atoms with Gasteiger partial charge in [0.2, 0.25) is 0 Å². The Hall–Kier alpha value is -2.50. The van der Waals surface area contributed by atoms with Crippen LogP contribution in [0.3, 0.4) is 0 Å². The summed E-state index contributed by atoms with van der Waals surface area (Å²) in [5.41, 5.74) is 2.68. The molecule has 2 aromatic rings. The number of benzene rings is 2. The molecule has 1 aliphatic heterocycles. The highest BCUT2D eigenvalue weighted by Crippen LogP contribution is 2.45. The first-order valence-electron chi connectivity index (χ1n) is 14.3. The normalized spacial score (nSPS) is 18.9. The molecule has 0 saturated heterocycles. The predicted octanol–water partition coefficient (Wildman–Crippen LogP) is 9.81.